The molecule has 0 spiro atoms. The third-order valence-electron chi connectivity index (χ3n) is 2.75. The molecule has 0 radical (unpaired) electrons. The molecule has 0 bridgehead atoms. The van der Waals surface area contributed by atoms with Gasteiger partial charge in [0.05, 0.1) is 11.9 Å². The van der Waals surface area contributed by atoms with Gasteiger partial charge < -0.3 is 5.32 Å². The van der Waals surface area contributed by atoms with Gasteiger partial charge in [0, 0.05) is 12.2 Å². The molecule has 0 aliphatic heterocycles. The minimum absolute atomic E-state index is 0.153. The summed E-state index contributed by atoms with van der Waals surface area (Å²) in [5.74, 6) is 1.82. The molecule has 1 aromatic rings. The molecule has 0 saturated carbocycles. The lowest BCUT2D eigenvalue weighted by Crippen LogP contribution is -2.26. The molecule has 4 nitrogen and oxygen atoms in total. The van der Waals surface area contributed by atoms with Crippen LogP contribution in [-0.4, -0.2) is 34.2 Å². The highest BCUT2D eigenvalue weighted by Crippen LogP contribution is 2.05. The predicted molar refractivity (Wildman–Crippen MR) is 76.9 cm³/mol. The van der Waals surface area contributed by atoms with Crippen LogP contribution in [0.25, 0.3) is 0 Å². The van der Waals surface area contributed by atoms with Crippen molar-refractivity contribution in [3.8, 4) is 0 Å². The van der Waals surface area contributed by atoms with Crippen molar-refractivity contribution < 1.29 is 4.79 Å². The van der Waals surface area contributed by atoms with Crippen LogP contribution in [0, 0.1) is 6.92 Å². The lowest BCUT2D eigenvalue weighted by Gasteiger charge is -2.04. The van der Waals surface area contributed by atoms with Gasteiger partial charge in [-0.3, -0.25) is 9.89 Å². The van der Waals surface area contributed by atoms with Crippen molar-refractivity contribution in [1.29, 1.82) is 0 Å². The van der Waals surface area contributed by atoms with E-state index in [1.54, 1.807) is 11.8 Å². The average Bonchev–Trinajstić information content (AvgIpc) is 2.76. The smallest absolute Gasteiger partial charge is 0.229 e. The summed E-state index contributed by atoms with van der Waals surface area (Å²) in [6, 6.07) is 0. The van der Waals surface area contributed by atoms with Gasteiger partial charge in [0.25, 0.3) is 0 Å². The minimum Gasteiger partial charge on any atom is -0.355 e. The summed E-state index contributed by atoms with van der Waals surface area (Å²) in [4.78, 5) is 11.5. The zero-order valence-corrected chi connectivity index (χ0v) is 12.1. The van der Waals surface area contributed by atoms with Gasteiger partial charge in [-0.1, -0.05) is 13.3 Å². The Hall–Kier alpha value is -0.970. The van der Waals surface area contributed by atoms with Gasteiger partial charge >= 0.3 is 0 Å². The number of aryl methyl sites for hydroxylation is 2. The number of rotatable bonds is 9. The van der Waals surface area contributed by atoms with Crippen molar-refractivity contribution in [2.24, 2.45) is 0 Å². The first kappa shape index (κ1) is 15.1. The zero-order valence-electron chi connectivity index (χ0n) is 11.3. The fourth-order valence-corrected chi connectivity index (χ4v) is 2.52. The quantitative estimate of drug-likeness (QED) is 0.676. The number of H-pyrrole nitrogens is 1. The second kappa shape index (κ2) is 9.03. The Kier molecular flexibility index (Phi) is 7.57. The van der Waals surface area contributed by atoms with Crippen LogP contribution in [0.15, 0.2) is 6.20 Å². The first-order chi connectivity index (χ1) is 8.74. The number of hydrogen-bond donors (Lipinski definition) is 2. The summed E-state index contributed by atoms with van der Waals surface area (Å²) < 4.78 is 0. The number of carbonyl (C=O) groups excluding carboxylic acids is 1. The van der Waals surface area contributed by atoms with Gasteiger partial charge in [0.1, 0.15) is 0 Å². The number of carbonyl (C=O) groups is 1. The molecule has 1 rings (SSSR count). The molecule has 0 saturated heterocycles. The minimum atomic E-state index is 0.153. The molecule has 0 fully saturated rings. The molecule has 2 N–H and O–H groups in total. The molecule has 18 heavy (non-hydrogen) atoms. The number of nitrogens with zero attached hydrogens (tertiary/aromatic N) is 1. The van der Waals surface area contributed by atoms with E-state index in [4.69, 9.17) is 0 Å². The van der Waals surface area contributed by atoms with Crippen molar-refractivity contribution in [3.05, 3.63) is 17.5 Å². The van der Waals surface area contributed by atoms with Crippen LogP contribution in [0.4, 0.5) is 0 Å². The van der Waals surface area contributed by atoms with E-state index in [0.717, 1.165) is 30.8 Å². The monoisotopic (exact) mass is 269 g/mol. The normalized spacial score (nSPS) is 10.6. The van der Waals surface area contributed by atoms with E-state index in [0.29, 0.717) is 5.75 Å². The highest BCUT2D eigenvalue weighted by molar-refractivity contribution is 7.99. The maximum Gasteiger partial charge on any atom is 0.229 e. The summed E-state index contributed by atoms with van der Waals surface area (Å²) >= 11 is 1.72. The molecule has 1 aromatic heterocycles. The van der Waals surface area contributed by atoms with Crippen molar-refractivity contribution in [1.82, 2.24) is 15.5 Å². The van der Waals surface area contributed by atoms with Gasteiger partial charge in [-0.15, -0.1) is 0 Å². The van der Waals surface area contributed by atoms with Gasteiger partial charge in [0.15, 0.2) is 0 Å². The number of aromatic amines is 1. The molecule has 0 aromatic carbocycles. The van der Waals surface area contributed by atoms with Crippen molar-refractivity contribution in [2.75, 3.05) is 18.1 Å². The standard InChI is InChI=1S/C13H23N3OS/c1-3-4-8-18-10-13(17)14-7-5-6-12-9-15-16-11(12)2/h9H,3-8,10H2,1-2H3,(H,14,17)(H,15,16). The number of aromatic nitrogens is 2. The van der Waals surface area contributed by atoms with Gasteiger partial charge in [0.2, 0.25) is 5.91 Å². The van der Waals surface area contributed by atoms with Crippen LogP contribution in [0.3, 0.4) is 0 Å². The Morgan fingerprint density at radius 2 is 2.33 bits per heavy atom. The highest BCUT2D eigenvalue weighted by Gasteiger charge is 2.02. The first-order valence-electron chi connectivity index (χ1n) is 6.57. The highest BCUT2D eigenvalue weighted by atomic mass is 32.2. The Morgan fingerprint density at radius 3 is 3.00 bits per heavy atom. The van der Waals surface area contributed by atoms with Crippen LogP contribution in [0.2, 0.25) is 0 Å². The lowest BCUT2D eigenvalue weighted by molar-refractivity contribution is -0.118. The van der Waals surface area contributed by atoms with Crippen molar-refractivity contribution >= 4 is 17.7 Å². The van der Waals surface area contributed by atoms with Gasteiger partial charge in [-0.2, -0.15) is 16.9 Å². The molecule has 5 heteroatoms. The summed E-state index contributed by atoms with van der Waals surface area (Å²) in [7, 11) is 0. The van der Waals surface area contributed by atoms with Crippen LogP contribution < -0.4 is 5.32 Å². The second-order valence-electron chi connectivity index (χ2n) is 4.38. The largest absolute Gasteiger partial charge is 0.355 e. The van der Waals surface area contributed by atoms with Crippen LogP contribution in [-0.2, 0) is 11.2 Å². The summed E-state index contributed by atoms with van der Waals surface area (Å²) in [5.41, 5.74) is 2.36. The first-order valence-corrected chi connectivity index (χ1v) is 7.72. The van der Waals surface area contributed by atoms with Crippen molar-refractivity contribution in [3.63, 3.8) is 0 Å². The van der Waals surface area contributed by atoms with E-state index in [1.165, 1.54) is 18.4 Å². The maximum absolute atomic E-state index is 11.5. The summed E-state index contributed by atoms with van der Waals surface area (Å²) in [5, 5.41) is 9.85. The van der Waals surface area contributed by atoms with Crippen LogP contribution >= 0.6 is 11.8 Å². The fraction of sp³-hybridized carbons (Fsp3) is 0.692. The molecular formula is C13H23N3OS. The summed E-state index contributed by atoms with van der Waals surface area (Å²) in [6.07, 6.45) is 6.17. The van der Waals surface area contributed by atoms with Gasteiger partial charge in [-0.05, 0) is 37.5 Å². The molecule has 1 heterocycles. The van der Waals surface area contributed by atoms with Crippen molar-refractivity contribution in [2.45, 2.75) is 39.5 Å². The number of nitrogens with one attached hydrogen (secondary N) is 2. The molecule has 0 aliphatic carbocycles. The Morgan fingerprint density at radius 1 is 1.50 bits per heavy atom. The van der Waals surface area contributed by atoms with E-state index < -0.39 is 0 Å². The Labute approximate surface area is 113 Å². The van der Waals surface area contributed by atoms with E-state index in [-0.39, 0.29) is 5.91 Å². The molecule has 1 amide bonds. The van der Waals surface area contributed by atoms with Crippen LogP contribution in [0.5, 0.6) is 0 Å². The number of unbranched alkanes of at least 4 members (excludes halogenated alkanes) is 1. The topological polar surface area (TPSA) is 57.8 Å². The van der Waals surface area contributed by atoms with Crippen LogP contribution in [0.1, 0.15) is 37.4 Å². The number of thioether (sulfide) groups is 1. The Balaban J connectivity index is 2.00. The van der Waals surface area contributed by atoms with E-state index in [9.17, 15) is 4.79 Å². The average molecular weight is 269 g/mol. The molecule has 0 aliphatic rings. The molecular weight excluding hydrogens is 246 g/mol. The third-order valence-corrected chi connectivity index (χ3v) is 3.80. The maximum atomic E-state index is 11.5. The second-order valence-corrected chi connectivity index (χ2v) is 5.49. The molecule has 0 unspecified atom stereocenters. The SMILES string of the molecule is CCCCSCC(=O)NCCCc1cn[nH]c1C. The lowest BCUT2D eigenvalue weighted by atomic mass is 10.1. The third kappa shape index (κ3) is 6.10. The van der Waals surface area contributed by atoms with E-state index >= 15 is 0 Å². The molecule has 0 atom stereocenters. The number of hydrogen-bond acceptors (Lipinski definition) is 3. The zero-order chi connectivity index (χ0) is 13.2. The number of amides is 1. The Bertz CT molecular complexity index is 352. The predicted octanol–water partition coefficient (Wildman–Crippen LogP) is 2.30. The summed E-state index contributed by atoms with van der Waals surface area (Å²) in [6.45, 7) is 4.93. The van der Waals surface area contributed by atoms with E-state index in [2.05, 4.69) is 22.4 Å². The fourth-order valence-electron chi connectivity index (χ4n) is 1.60. The van der Waals surface area contributed by atoms with E-state index in [1.807, 2.05) is 13.1 Å². The van der Waals surface area contributed by atoms with Gasteiger partial charge in [-0.25, -0.2) is 0 Å². The molecule has 102 valence electrons.